The number of rotatable bonds is 2. The van der Waals surface area contributed by atoms with Gasteiger partial charge in [0.2, 0.25) is 0 Å². The number of aryl methyl sites for hydroxylation is 1. The van der Waals surface area contributed by atoms with E-state index in [9.17, 15) is 4.79 Å². The molecule has 5 heteroatoms. The first-order chi connectivity index (χ1) is 8.08. The molecule has 1 aromatic heterocycles. The summed E-state index contributed by atoms with van der Waals surface area (Å²) in [5, 5.41) is 2.83. The van der Waals surface area contributed by atoms with E-state index in [1.807, 2.05) is 25.1 Å². The summed E-state index contributed by atoms with van der Waals surface area (Å²) >= 11 is 4.72. The summed E-state index contributed by atoms with van der Waals surface area (Å²) in [5.41, 5.74) is 8.05. The second kappa shape index (κ2) is 4.89. The van der Waals surface area contributed by atoms with Crippen molar-refractivity contribution in [1.82, 2.24) is 0 Å². The van der Waals surface area contributed by atoms with Crippen molar-refractivity contribution in [3.63, 3.8) is 0 Å². The van der Waals surface area contributed by atoms with Gasteiger partial charge in [-0.2, -0.15) is 0 Å². The number of halogens is 1. The average Bonchev–Trinajstić information content (AvgIpc) is 2.70. The molecule has 0 aliphatic rings. The first-order valence-electron chi connectivity index (χ1n) is 4.99. The lowest BCUT2D eigenvalue weighted by Crippen LogP contribution is -2.12. The average molecular weight is 311 g/mol. The minimum Gasteiger partial charge on any atom is -0.397 e. The number of thiophene rings is 1. The van der Waals surface area contributed by atoms with Gasteiger partial charge in [-0.25, -0.2) is 0 Å². The van der Waals surface area contributed by atoms with Crippen LogP contribution in [0.15, 0.2) is 34.1 Å². The first-order valence-corrected chi connectivity index (χ1v) is 6.60. The standard InChI is InChI=1S/C12H11BrN2OS/c1-7-3-2-4-8(14)11(7)15-12(16)9-5-6-10(13)17-9/h2-6H,14H2,1H3,(H,15,16). The molecule has 2 rings (SSSR count). The molecule has 0 aliphatic heterocycles. The lowest BCUT2D eigenvalue weighted by molar-refractivity contribution is 0.103. The maximum atomic E-state index is 12.0. The van der Waals surface area contributed by atoms with Gasteiger partial charge in [-0.3, -0.25) is 4.79 Å². The molecule has 88 valence electrons. The smallest absolute Gasteiger partial charge is 0.265 e. The molecule has 1 heterocycles. The second-order valence-corrected chi connectivity index (χ2v) is 6.06. The molecule has 3 N–H and O–H groups in total. The SMILES string of the molecule is Cc1cccc(N)c1NC(=O)c1ccc(Br)s1. The molecule has 1 amide bonds. The van der Waals surface area contributed by atoms with Crippen LogP contribution in [0, 0.1) is 6.92 Å². The highest BCUT2D eigenvalue weighted by Gasteiger charge is 2.11. The Balaban J connectivity index is 2.24. The molecular formula is C12H11BrN2OS. The predicted molar refractivity (Wildman–Crippen MR) is 75.6 cm³/mol. The number of nitrogens with one attached hydrogen (secondary N) is 1. The monoisotopic (exact) mass is 310 g/mol. The molecule has 0 spiro atoms. The van der Waals surface area contributed by atoms with E-state index in [1.54, 1.807) is 12.1 Å². The zero-order valence-electron chi connectivity index (χ0n) is 9.16. The molecule has 0 bridgehead atoms. The van der Waals surface area contributed by atoms with Gasteiger partial charge in [-0.05, 0) is 46.6 Å². The Morgan fingerprint density at radius 3 is 2.71 bits per heavy atom. The fourth-order valence-electron chi connectivity index (χ4n) is 1.47. The van der Waals surface area contributed by atoms with Crippen molar-refractivity contribution >= 4 is 44.5 Å². The van der Waals surface area contributed by atoms with E-state index in [0.29, 0.717) is 16.3 Å². The van der Waals surface area contributed by atoms with Crippen molar-refractivity contribution in [2.75, 3.05) is 11.1 Å². The normalized spacial score (nSPS) is 10.2. The number of carbonyl (C=O) groups excluding carboxylic acids is 1. The summed E-state index contributed by atoms with van der Waals surface area (Å²) in [6.07, 6.45) is 0. The van der Waals surface area contributed by atoms with Gasteiger partial charge in [-0.15, -0.1) is 11.3 Å². The molecular weight excluding hydrogens is 300 g/mol. The van der Waals surface area contributed by atoms with Crippen molar-refractivity contribution in [3.05, 3.63) is 44.6 Å². The highest BCUT2D eigenvalue weighted by molar-refractivity contribution is 9.11. The van der Waals surface area contributed by atoms with Crippen LogP contribution in [0.4, 0.5) is 11.4 Å². The molecule has 2 aromatic rings. The van der Waals surface area contributed by atoms with Crippen molar-refractivity contribution in [2.24, 2.45) is 0 Å². The molecule has 0 radical (unpaired) electrons. The van der Waals surface area contributed by atoms with Gasteiger partial charge in [0.15, 0.2) is 0 Å². The summed E-state index contributed by atoms with van der Waals surface area (Å²) in [6.45, 7) is 1.91. The van der Waals surface area contributed by atoms with E-state index >= 15 is 0 Å². The molecule has 0 aliphatic carbocycles. The number of anilines is 2. The third kappa shape index (κ3) is 2.68. The van der Waals surface area contributed by atoms with E-state index in [0.717, 1.165) is 9.35 Å². The van der Waals surface area contributed by atoms with Crippen LogP contribution in [0.3, 0.4) is 0 Å². The van der Waals surface area contributed by atoms with Gasteiger partial charge < -0.3 is 11.1 Å². The van der Waals surface area contributed by atoms with Crippen LogP contribution in [0.1, 0.15) is 15.2 Å². The molecule has 0 fully saturated rings. The molecule has 17 heavy (non-hydrogen) atoms. The molecule has 0 saturated carbocycles. The largest absolute Gasteiger partial charge is 0.397 e. The third-order valence-electron chi connectivity index (χ3n) is 2.34. The van der Waals surface area contributed by atoms with Crippen molar-refractivity contribution < 1.29 is 4.79 Å². The van der Waals surface area contributed by atoms with Gasteiger partial charge in [0, 0.05) is 0 Å². The lowest BCUT2D eigenvalue weighted by atomic mass is 10.1. The highest BCUT2D eigenvalue weighted by atomic mass is 79.9. The highest BCUT2D eigenvalue weighted by Crippen LogP contribution is 2.26. The van der Waals surface area contributed by atoms with Gasteiger partial charge in [0.25, 0.3) is 5.91 Å². The number of hydrogen-bond donors (Lipinski definition) is 2. The van der Waals surface area contributed by atoms with Crippen molar-refractivity contribution in [2.45, 2.75) is 6.92 Å². The number of nitrogens with two attached hydrogens (primary N) is 1. The molecule has 0 saturated heterocycles. The number of carbonyl (C=O) groups is 1. The Kier molecular flexibility index (Phi) is 3.49. The number of amides is 1. The Morgan fingerprint density at radius 2 is 2.12 bits per heavy atom. The third-order valence-corrected chi connectivity index (χ3v) is 3.96. The molecule has 0 atom stereocenters. The van der Waals surface area contributed by atoms with Crippen LogP contribution in [0.25, 0.3) is 0 Å². The fraction of sp³-hybridized carbons (Fsp3) is 0.0833. The maximum Gasteiger partial charge on any atom is 0.265 e. The van der Waals surface area contributed by atoms with E-state index in [-0.39, 0.29) is 5.91 Å². The number of nitrogen functional groups attached to an aromatic ring is 1. The van der Waals surface area contributed by atoms with E-state index < -0.39 is 0 Å². The Morgan fingerprint density at radius 1 is 1.35 bits per heavy atom. The molecule has 1 aromatic carbocycles. The van der Waals surface area contributed by atoms with Gasteiger partial charge in [0.05, 0.1) is 20.0 Å². The number of benzene rings is 1. The van der Waals surface area contributed by atoms with Gasteiger partial charge >= 0.3 is 0 Å². The minimum atomic E-state index is -0.137. The zero-order valence-corrected chi connectivity index (χ0v) is 11.6. The van der Waals surface area contributed by atoms with Gasteiger partial charge in [0.1, 0.15) is 0 Å². The molecule has 3 nitrogen and oxygen atoms in total. The van der Waals surface area contributed by atoms with Crippen LogP contribution in [0.5, 0.6) is 0 Å². The van der Waals surface area contributed by atoms with Crippen molar-refractivity contribution in [3.8, 4) is 0 Å². The van der Waals surface area contributed by atoms with E-state index in [4.69, 9.17) is 5.73 Å². The first kappa shape index (κ1) is 12.1. The van der Waals surface area contributed by atoms with E-state index in [1.165, 1.54) is 11.3 Å². The molecule has 0 unspecified atom stereocenters. The predicted octanol–water partition coefficient (Wildman–Crippen LogP) is 3.65. The van der Waals surface area contributed by atoms with Crippen molar-refractivity contribution in [1.29, 1.82) is 0 Å². The lowest BCUT2D eigenvalue weighted by Gasteiger charge is -2.09. The summed E-state index contributed by atoms with van der Waals surface area (Å²) in [4.78, 5) is 12.6. The zero-order chi connectivity index (χ0) is 12.4. The topological polar surface area (TPSA) is 55.1 Å². The van der Waals surface area contributed by atoms with Gasteiger partial charge in [-0.1, -0.05) is 12.1 Å². The summed E-state index contributed by atoms with van der Waals surface area (Å²) in [6, 6.07) is 9.17. The second-order valence-electron chi connectivity index (χ2n) is 3.60. The summed E-state index contributed by atoms with van der Waals surface area (Å²) in [5.74, 6) is -0.137. The Hall–Kier alpha value is -1.33. The summed E-state index contributed by atoms with van der Waals surface area (Å²) < 4.78 is 0.931. The van der Waals surface area contributed by atoms with Crippen LogP contribution in [-0.2, 0) is 0 Å². The van der Waals surface area contributed by atoms with Crippen LogP contribution < -0.4 is 11.1 Å². The van der Waals surface area contributed by atoms with Crippen LogP contribution in [0.2, 0.25) is 0 Å². The minimum absolute atomic E-state index is 0.137. The summed E-state index contributed by atoms with van der Waals surface area (Å²) in [7, 11) is 0. The fourth-order valence-corrected chi connectivity index (χ4v) is 2.75. The Bertz CT molecular complexity index is 545. The van der Waals surface area contributed by atoms with E-state index in [2.05, 4.69) is 21.2 Å². The quantitative estimate of drug-likeness (QED) is 0.832. The maximum absolute atomic E-state index is 12.0. The van der Waals surface area contributed by atoms with Crippen LogP contribution >= 0.6 is 27.3 Å². The number of hydrogen-bond acceptors (Lipinski definition) is 3. The van der Waals surface area contributed by atoms with Crippen LogP contribution in [-0.4, -0.2) is 5.91 Å². The number of para-hydroxylation sites is 1. The Labute approximate surface area is 112 Å².